The van der Waals surface area contributed by atoms with Crippen LogP contribution in [-0.2, 0) is 31.9 Å². The van der Waals surface area contributed by atoms with Gasteiger partial charge in [0.1, 0.15) is 23.5 Å². The monoisotopic (exact) mass is 597 g/mol. The van der Waals surface area contributed by atoms with Crippen LogP contribution in [0.2, 0.25) is 0 Å². The second-order valence-electron chi connectivity index (χ2n) is 10.1. The minimum atomic E-state index is -1.06. The van der Waals surface area contributed by atoms with Gasteiger partial charge in [0.05, 0.1) is 6.61 Å². The van der Waals surface area contributed by atoms with Gasteiger partial charge in [0.2, 0.25) is 5.91 Å². The Morgan fingerprint density at radius 2 is 1.40 bits per heavy atom. The van der Waals surface area contributed by atoms with Gasteiger partial charge in [0.15, 0.2) is 0 Å². The molecular weight excluding hydrogens is 560 g/mol. The molecule has 2 aromatic rings. The van der Waals surface area contributed by atoms with Crippen LogP contribution in [0.15, 0.2) is 48.5 Å². The summed E-state index contributed by atoms with van der Waals surface area (Å²) in [6.45, 7) is 8.18. The third kappa shape index (κ3) is 11.6. The number of esters is 1. The Morgan fingerprint density at radius 1 is 0.875 bits per heavy atom. The summed E-state index contributed by atoms with van der Waals surface area (Å²) in [5.41, 5.74) is 1.54. The minimum Gasteiger partial charge on any atom is -0.464 e. The maximum absolute atomic E-state index is 13.5. The average Bonchev–Trinajstić information content (AvgIpc) is 2.88. The molecule has 0 aliphatic carbocycles. The van der Waals surface area contributed by atoms with Gasteiger partial charge < -0.3 is 25.0 Å². The van der Waals surface area contributed by atoms with Crippen molar-refractivity contribution in [2.75, 3.05) is 36.4 Å². The number of alkyl carbamates (subject to hydrolysis) is 1. The Labute approximate surface area is 245 Å². The lowest BCUT2D eigenvalue weighted by molar-refractivity contribution is -0.147. The standard InChI is InChI=1S/C29H38Cl2FN3O5/c1-5-39-27(37)25(19-20-6-10-22(32)11-7-20)33-26(36)24(34-28(38)40-29(2,3)4)18-21-8-12-23(13-9-21)35(16-14-30)17-15-31/h6-13,24-25H,5,14-19H2,1-4H3,(H,33,36)(H,34,38)/t24-,25?/m0/s1. The van der Waals surface area contributed by atoms with E-state index < -0.39 is 41.5 Å². The third-order valence-corrected chi connectivity index (χ3v) is 6.04. The van der Waals surface area contributed by atoms with E-state index in [1.807, 2.05) is 29.2 Å². The van der Waals surface area contributed by atoms with Crippen molar-refractivity contribution in [3.63, 3.8) is 0 Å². The molecule has 0 saturated carbocycles. The van der Waals surface area contributed by atoms with E-state index in [1.165, 1.54) is 24.3 Å². The van der Waals surface area contributed by atoms with Crippen molar-refractivity contribution in [3.8, 4) is 0 Å². The van der Waals surface area contributed by atoms with Crippen LogP contribution in [0, 0.1) is 5.82 Å². The number of rotatable bonds is 14. The summed E-state index contributed by atoms with van der Waals surface area (Å²) >= 11 is 11.8. The summed E-state index contributed by atoms with van der Waals surface area (Å²) in [5.74, 6) is -0.762. The van der Waals surface area contributed by atoms with Crippen molar-refractivity contribution >= 4 is 46.9 Å². The molecule has 0 spiro atoms. The van der Waals surface area contributed by atoms with E-state index in [-0.39, 0.29) is 19.4 Å². The van der Waals surface area contributed by atoms with Crippen LogP contribution < -0.4 is 15.5 Å². The number of carbonyl (C=O) groups is 3. The van der Waals surface area contributed by atoms with Crippen LogP contribution >= 0.6 is 23.2 Å². The minimum absolute atomic E-state index is 0.0791. The highest BCUT2D eigenvalue weighted by atomic mass is 35.5. The maximum Gasteiger partial charge on any atom is 0.408 e. The van der Waals surface area contributed by atoms with E-state index >= 15 is 0 Å². The lowest BCUT2D eigenvalue weighted by Gasteiger charge is -2.26. The molecule has 2 N–H and O–H groups in total. The zero-order valence-electron chi connectivity index (χ0n) is 23.3. The van der Waals surface area contributed by atoms with Gasteiger partial charge in [-0.3, -0.25) is 4.79 Å². The summed E-state index contributed by atoms with van der Waals surface area (Å²) in [6.07, 6.45) is -0.566. The third-order valence-electron chi connectivity index (χ3n) is 5.70. The molecule has 0 radical (unpaired) electrons. The molecule has 0 bridgehead atoms. The number of halogens is 3. The van der Waals surface area contributed by atoms with Crippen LogP contribution in [0.3, 0.4) is 0 Å². The van der Waals surface area contributed by atoms with E-state index in [2.05, 4.69) is 10.6 Å². The fourth-order valence-electron chi connectivity index (χ4n) is 3.88. The van der Waals surface area contributed by atoms with Gasteiger partial charge in [-0.15, -0.1) is 23.2 Å². The van der Waals surface area contributed by atoms with Crippen molar-refractivity contribution in [3.05, 3.63) is 65.5 Å². The Morgan fingerprint density at radius 3 is 1.90 bits per heavy atom. The molecule has 2 aromatic carbocycles. The number of hydrogen-bond acceptors (Lipinski definition) is 6. The van der Waals surface area contributed by atoms with Gasteiger partial charge >= 0.3 is 12.1 Å². The molecule has 0 aliphatic rings. The topological polar surface area (TPSA) is 97.0 Å². The second-order valence-corrected chi connectivity index (χ2v) is 10.8. The van der Waals surface area contributed by atoms with E-state index in [4.69, 9.17) is 32.7 Å². The number of nitrogens with one attached hydrogen (secondary N) is 2. The first-order chi connectivity index (χ1) is 18.9. The van der Waals surface area contributed by atoms with Crippen molar-refractivity contribution in [1.29, 1.82) is 0 Å². The first-order valence-electron chi connectivity index (χ1n) is 13.1. The number of ether oxygens (including phenoxy) is 2. The normalized spacial score (nSPS) is 12.7. The molecule has 2 atom stereocenters. The largest absolute Gasteiger partial charge is 0.464 e. The van der Waals surface area contributed by atoms with Crippen LogP contribution in [0.25, 0.3) is 0 Å². The zero-order chi connectivity index (χ0) is 29.7. The summed E-state index contributed by atoms with van der Waals surface area (Å²) in [7, 11) is 0. The molecule has 8 nitrogen and oxygen atoms in total. The summed E-state index contributed by atoms with van der Waals surface area (Å²) in [5, 5.41) is 5.33. The molecule has 0 heterocycles. The predicted molar refractivity (Wildman–Crippen MR) is 156 cm³/mol. The van der Waals surface area contributed by atoms with Crippen molar-refractivity contribution in [2.24, 2.45) is 0 Å². The molecule has 0 aliphatic heterocycles. The molecule has 2 rings (SSSR count). The molecule has 0 aromatic heterocycles. The molecule has 11 heteroatoms. The molecule has 40 heavy (non-hydrogen) atoms. The second kappa shape index (κ2) is 16.3. The number of hydrogen-bond donors (Lipinski definition) is 2. The van der Waals surface area contributed by atoms with Gasteiger partial charge in [0, 0.05) is 43.4 Å². The highest BCUT2D eigenvalue weighted by Crippen LogP contribution is 2.17. The van der Waals surface area contributed by atoms with Crippen molar-refractivity contribution < 1.29 is 28.2 Å². The predicted octanol–water partition coefficient (Wildman–Crippen LogP) is 4.84. The lowest BCUT2D eigenvalue weighted by Crippen LogP contribution is -2.54. The summed E-state index contributed by atoms with van der Waals surface area (Å²) in [4.78, 5) is 40.8. The molecule has 1 unspecified atom stereocenters. The molecule has 220 valence electrons. The Bertz CT molecular complexity index is 1090. The van der Waals surface area contributed by atoms with Gasteiger partial charge in [0.25, 0.3) is 0 Å². The van der Waals surface area contributed by atoms with Crippen molar-refractivity contribution in [1.82, 2.24) is 10.6 Å². The fourth-order valence-corrected chi connectivity index (χ4v) is 4.28. The number of benzene rings is 2. The van der Waals surface area contributed by atoms with Gasteiger partial charge in [-0.05, 0) is 63.1 Å². The van der Waals surface area contributed by atoms with Crippen LogP contribution in [-0.4, -0.2) is 67.1 Å². The number of nitrogens with zero attached hydrogens (tertiary/aromatic N) is 1. The van der Waals surface area contributed by atoms with Crippen LogP contribution in [0.1, 0.15) is 38.8 Å². The molecule has 2 amide bonds. The first kappa shape index (κ1) is 33.2. The Hall–Kier alpha value is -3.04. The van der Waals surface area contributed by atoms with Gasteiger partial charge in [-0.2, -0.15) is 0 Å². The summed E-state index contributed by atoms with van der Waals surface area (Å²) in [6, 6.07) is 11.0. The zero-order valence-corrected chi connectivity index (χ0v) is 24.9. The smallest absolute Gasteiger partial charge is 0.408 e. The van der Waals surface area contributed by atoms with Crippen LogP contribution in [0.4, 0.5) is 14.9 Å². The Balaban J connectivity index is 2.27. The van der Waals surface area contributed by atoms with E-state index in [9.17, 15) is 18.8 Å². The summed E-state index contributed by atoms with van der Waals surface area (Å²) < 4.78 is 23.9. The Kier molecular flexibility index (Phi) is 13.5. The molecule has 0 saturated heterocycles. The molecule has 0 fully saturated rings. The quantitative estimate of drug-likeness (QED) is 0.239. The van der Waals surface area contributed by atoms with Crippen molar-refractivity contribution in [2.45, 2.75) is 58.2 Å². The van der Waals surface area contributed by atoms with E-state index in [0.29, 0.717) is 30.4 Å². The molecular formula is C29H38Cl2FN3O5. The highest BCUT2D eigenvalue weighted by molar-refractivity contribution is 6.18. The number of carbonyl (C=O) groups excluding carboxylic acids is 3. The lowest BCUT2D eigenvalue weighted by atomic mass is 10.0. The SMILES string of the molecule is CCOC(=O)C(Cc1ccc(F)cc1)NC(=O)[C@H](Cc1ccc(N(CCCl)CCCl)cc1)NC(=O)OC(C)(C)C. The van der Waals surface area contributed by atoms with Gasteiger partial charge in [-0.25, -0.2) is 14.0 Å². The fraction of sp³-hybridized carbons (Fsp3) is 0.483. The number of anilines is 1. The van der Waals surface area contributed by atoms with Gasteiger partial charge in [-0.1, -0.05) is 24.3 Å². The van der Waals surface area contributed by atoms with E-state index in [1.54, 1.807) is 27.7 Å². The maximum atomic E-state index is 13.5. The highest BCUT2D eigenvalue weighted by Gasteiger charge is 2.29. The number of amides is 2. The van der Waals surface area contributed by atoms with E-state index in [0.717, 1.165) is 11.3 Å². The first-order valence-corrected chi connectivity index (χ1v) is 14.2. The van der Waals surface area contributed by atoms with Crippen LogP contribution in [0.5, 0.6) is 0 Å². The average molecular weight is 599 g/mol. The number of alkyl halides is 2.